The largest absolute Gasteiger partial charge is 0.491 e. The number of ether oxygens (including phenoxy) is 1. The van der Waals surface area contributed by atoms with Crippen molar-refractivity contribution in [1.82, 2.24) is 9.97 Å². The van der Waals surface area contributed by atoms with Crippen molar-refractivity contribution in [2.45, 2.75) is 13.0 Å². The molecule has 0 bridgehead atoms. The standard InChI is InChI=1S/C15H17N3O4/c1-10-3-2-4-12(5-10)22-9-11(19)6-17-14-8-16-13(7-18-14)15(20)21/h2-5,7-8,11,19H,6,9H2,1H3,(H,17,18)(H,20,21). The number of benzene rings is 1. The molecule has 1 aromatic carbocycles. The third kappa shape index (κ3) is 4.71. The van der Waals surface area contributed by atoms with Crippen LogP contribution in [0.5, 0.6) is 5.75 Å². The van der Waals surface area contributed by atoms with E-state index < -0.39 is 12.1 Å². The van der Waals surface area contributed by atoms with E-state index in [2.05, 4.69) is 15.3 Å². The number of nitrogens with one attached hydrogen (secondary N) is 1. The monoisotopic (exact) mass is 303 g/mol. The molecule has 0 aliphatic rings. The minimum absolute atomic E-state index is 0.131. The summed E-state index contributed by atoms with van der Waals surface area (Å²) in [7, 11) is 0. The van der Waals surface area contributed by atoms with Crippen molar-refractivity contribution in [2.24, 2.45) is 0 Å². The lowest BCUT2D eigenvalue weighted by molar-refractivity contribution is 0.0690. The number of aliphatic hydroxyl groups excluding tert-OH is 1. The van der Waals surface area contributed by atoms with E-state index in [-0.39, 0.29) is 18.8 Å². The Balaban J connectivity index is 1.77. The van der Waals surface area contributed by atoms with Crippen molar-refractivity contribution in [3.63, 3.8) is 0 Å². The van der Waals surface area contributed by atoms with Gasteiger partial charge in [0, 0.05) is 6.54 Å². The summed E-state index contributed by atoms with van der Waals surface area (Å²) in [6.45, 7) is 2.31. The average Bonchev–Trinajstić information content (AvgIpc) is 2.51. The Hall–Kier alpha value is -2.67. The molecule has 1 unspecified atom stereocenters. The van der Waals surface area contributed by atoms with Gasteiger partial charge < -0.3 is 20.3 Å². The van der Waals surface area contributed by atoms with Gasteiger partial charge in [-0.05, 0) is 24.6 Å². The van der Waals surface area contributed by atoms with E-state index in [4.69, 9.17) is 9.84 Å². The molecule has 3 N–H and O–H groups in total. The van der Waals surface area contributed by atoms with Gasteiger partial charge in [0.15, 0.2) is 5.69 Å². The second-order valence-electron chi connectivity index (χ2n) is 4.75. The Kier molecular flexibility index (Phi) is 5.26. The van der Waals surface area contributed by atoms with E-state index >= 15 is 0 Å². The SMILES string of the molecule is Cc1cccc(OCC(O)CNc2cnc(C(=O)O)cn2)c1. The number of carboxylic acid groups (broad SMARTS) is 1. The molecule has 0 amide bonds. The van der Waals surface area contributed by atoms with Gasteiger partial charge in [0.05, 0.1) is 12.4 Å². The number of carboxylic acids is 1. The molecule has 0 fully saturated rings. The fourth-order valence-electron chi connectivity index (χ4n) is 1.71. The zero-order valence-corrected chi connectivity index (χ0v) is 12.1. The number of anilines is 1. The van der Waals surface area contributed by atoms with Crippen molar-refractivity contribution in [3.05, 3.63) is 47.9 Å². The Morgan fingerprint density at radius 3 is 2.82 bits per heavy atom. The van der Waals surface area contributed by atoms with Crippen molar-refractivity contribution < 1.29 is 19.7 Å². The number of rotatable bonds is 7. The van der Waals surface area contributed by atoms with Crippen molar-refractivity contribution in [3.8, 4) is 5.75 Å². The smallest absolute Gasteiger partial charge is 0.356 e. The average molecular weight is 303 g/mol. The minimum Gasteiger partial charge on any atom is -0.491 e. The van der Waals surface area contributed by atoms with Gasteiger partial charge in [-0.1, -0.05) is 12.1 Å². The minimum atomic E-state index is -1.13. The van der Waals surface area contributed by atoms with Crippen LogP contribution in [0.4, 0.5) is 5.82 Å². The van der Waals surface area contributed by atoms with Crippen LogP contribution in [0.25, 0.3) is 0 Å². The lowest BCUT2D eigenvalue weighted by Crippen LogP contribution is -2.26. The molecule has 0 spiro atoms. The number of aryl methyl sites for hydroxylation is 1. The second kappa shape index (κ2) is 7.37. The molecular weight excluding hydrogens is 286 g/mol. The highest BCUT2D eigenvalue weighted by molar-refractivity contribution is 5.84. The van der Waals surface area contributed by atoms with E-state index in [1.807, 2.05) is 31.2 Å². The molecule has 22 heavy (non-hydrogen) atoms. The topological polar surface area (TPSA) is 105 Å². The van der Waals surface area contributed by atoms with E-state index in [0.717, 1.165) is 11.8 Å². The zero-order chi connectivity index (χ0) is 15.9. The molecule has 0 saturated carbocycles. The number of aromatic nitrogens is 2. The predicted molar refractivity (Wildman–Crippen MR) is 80.2 cm³/mol. The highest BCUT2D eigenvalue weighted by atomic mass is 16.5. The highest BCUT2D eigenvalue weighted by Crippen LogP contribution is 2.12. The van der Waals surface area contributed by atoms with Crippen LogP contribution in [-0.4, -0.2) is 45.4 Å². The van der Waals surface area contributed by atoms with Crippen LogP contribution in [0.15, 0.2) is 36.7 Å². The predicted octanol–water partition coefficient (Wildman–Crippen LogP) is 1.34. The molecule has 0 aliphatic carbocycles. The Morgan fingerprint density at radius 1 is 1.36 bits per heavy atom. The second-order valence-corrected chi connectivity index (χ2v) is 4.75. The number of aromatic carboxylic acids is 1. The van der Waals surface area contributed by atoms with Gasteiger partial charge in [-0.25, -0.2) is 14.8 Å². The fourth-order valence-corrected chi connectivity index (χ4v) is 1.71. The molecule has 0 saturated heterocycles. The summed E-state index contributed by atoms with van der Waals surface area (Å²) in [5.74, 6) is -0.0464. The molecule has 7 nitrogen and oxygen atoms in total. The summed E-state index contributed by atoms with van der Waals surface area (Å²) in [4.78, 5) is 18.3. The molecule has 2 aromatic rings. The number of carbonyl (C=O) groups is 1. The molecule has 116 valence electrons. The van der Waals surface area contributed by atoms with E-state index in [9.17, 15) is 9.90 Å². The number of nitrogens with zero attached hydrogens (tertiary/aromatic N) is 2. The lowest BCUT2D eigenvalue weighted by Gasteiger charge is -2.13. The van der Waals surface area contributed by atoms with Crippen LogP contribution in [0.1, 0.15) is 16.1 Å². The van der Waals surface area contributed by atoms with E-state index in [1.54, 1.807) is 0 Å². The van der Waals surface area contributed by atoms with Gasteiger partial charge in [-0.15, -0.1) is 0 Å². The third-order valence-corrected chi connectivity index (χ3v) is 2.82. The molecule has 0 radical (unpaired) electrons. The van der Waals surface area contributed by atoms with Crippen LogP contribution in [-0.2, 0) is 0 Å². The number of hydrogen-bond acceptors (Lipinski definition) is 6. The first-order valence-electron chi connectivity index (χ1n) is 6.71. The van der Waals surface area contributed by atoms with Gasteiger partial charge in [0.1, 0.15) is 24.3 Å². The van der Waals surface area contributed by atoms with Crippen LogP contribution >= 0.6 is 0 Å². The first-order chi connectivity index (χ1) is 10.5. The van der Waals surface area contributed by atoms with Crippen molar-refractivity contribution in [1.29, 1.82) is 0 Å². The van der Waals surface area contributed by atoms with Crippen molar-refractivity contribution >= 4 is 11.8 Å². The summed E-state index contributed by atoms with van der Waals surface area (Å²) in [5.41, 5.74) is 0.952. The van der Waals surface area contributed by atoms with E-state index in [0.29, 0.717) is 11.6 Å². The molecule has 2 rings (SSSR count). The summed E-state index contributed by atoms with van der Waals surface area (Å²) in [6.07, 6.45) is 1.72. The summed E-state index contributed by atoms with van der Waals surface area (Å²) in [5, 5.41) is 21.4. The fraction of sp³-hybridized carbons (Fsp3) is 0.267. The molecular formula is C15H17N3O4. The molecule has 7 heteroatoms. The molecule has 1 heterocycles. The maximum Gasteiger partial charge on any atom is 0.356 e. The van der Waals surface area contributed by atoms with Crippen LogP contribution in [0, 0.1) is 6.92 Å². The van der Waals surface area contributed by atoms with Gasteiger partial charge in [0.2, 0.25) is 0 Å². The van der Waals surface area contributed by atoms with Crippen molar-refractivity contribution in [2.75, 3.05) is 18.5 Å². The first kappa shape index (κ1) is 15.7. The lowest BCUT2D eigenvalue weighted by atomic mass is 10.2. The maximum absolute atomic E-state index is 10.6. The Bertz CT molecular complexity index is 631. The summed E-state index contributed by atoms with van der Waals surface area (Å²) < 4.78 is 5.48. The van der Waals surface area contributed by atoms with E-state index in [1.165, 1.54) is 6.20 Å². The van der Waals surface area contributed by atoms with Crippen LogP contribution in [0.2, 0.25) is 0 Å². The number of aliphatic hydroxyl groups is 1. The Morgan fingerprint density at radius 2 is 2.18 bits per heavy atom. The van der Waals surface area contributed by atoms with Gasteiger partial charge in [0.25, 0.3) is 0 Å². The molecule has 0 aliphatic heterocycles. The summed E-state index contributed by atoms with van der Waals surface area (Å²) >= 11 is 0. The van der Waals surface area contributed by atoms with Gasteiger partial charge in [-0.3, -0.25) is 0 Å². The third-order valence-electron chi connectivity index (χ3n) is 2.82. The molecule has 1 aromatic heterocycles. The van der Waals surface area contributed by atoms with Crippen LogP contribution < -0.4 is 10.1 Å². The van der Waals surface area contributed by atoms with Gasteiger partial charge >= 0.3 is 5.97 Å². The quantitative estimate of drug-likeness (QED) is 0.708. The molecule has 1 atom stereocenters. The highest BCUT2D eigenvalue weighted by Gasteiger charge is 2.08. The zero-order valence-electron chi connectivity index (χ0n) is 12.1. The first-order valence-corrected chi connectivity index (χ1v) is 6.71. The Labute approximate surface area is 127 Å². The van der Waals surface area contributed by atoms with Gasteiger partial charge in [-0.2, -0.15) is 0 Å². The normalized spacial score (nSPS) is 11.7. The maximum atomic E-state index is 10.6. The van der Waals surface area contributed by atoms with Crippen LogP contribution in [0.3, 0.4) is 0 Å². The number of hydrogen-bond donors (Lipinski definition) is 3. The summed E-state index contributed by atoms with van der Waals surface area (Å²) in [6, 6.07) is 7.55.